The highest BCUT2D eigenvalue weighted by Crippen LogP contribution is 2.22. The van der Waals surface area contributed by atoms with Gasteiger partial charge in [-0.3, -0.25) is 0 Å². The van der Waals surface area contributed by atoms with Gasteiger partial charge in [-0.25, -0.2) is 15.0 Å². The Morgan fingerprint density at radius 1 is 1.47 bits per heavy atom. The molecule has 86 valence electrons. The van der Waals surface area contributed by atoms with E-state index in [2.05, 4.69) is 27.2 Å². The van der Waals surface area contributed by atoms with Crippen LogP contribution in [-0.2, 0) is 0 Å². The van der Waals surface area contributed by atoms with E-state index in [1.165, 1.54) is 0 Å². The zero-order chi connectivity index (χ0) is 12.1. The maximum atomic E-state index is 8.76. The number of nitriles is 1. The van der Waals surface area contributed by atoms with Crippen LogP contribution in [0.2, 0.25) is 0 Å². The lowest BCUT2D eigenvalue weighted by molar-refractivity contribution is 0.731. The van der Waals surface area contributed by atoms with Crippen LogP contribution in [0.4, 0.5) is 5.95 Å². The number of aromatic nitrogens is 3. The van der Waals surface area contributed by atoms with Crippen molar-refractivity contribution in [2.45, 2.75) is 19.4 Å². The minimum atomic E-state index is 0.0870. The maximum Gasteiger partial charge on any atom is 0.224 e. The number of thiazole rings is 1. The van der Waals surface area contributed by atoms with Crippen LogP contribution in [0.25, 0.3) is 0 Å². The summed E-state index contributed by atoms with van der Waals surface area (Å²) in [5, 5.41) is 14.9. The fraction of sp³-hybridized carbons (Fsp3) is 0.273. The van der Waals surface area contributed by atoms with Gasteiger partial charge in [0.2, 0.25) is 5.95 Å². The molecule has 1 atom stereocenters. The molecule has 2 aromatic rings. The summed E-state index contributed by atoms with van der Waals surface area (Å²) in [7, 11) is 0. The van der Waals surface area contributed by atoms with Gasteiger partial charge in [0, 0.05) is 17.8 Å². The molecule has 0 aromatic carbocycles. The molecule has 0 saturated carbocycles. The van der Waals surface area contributed by atoms with Crippen LogP contribution >= 0.6 is 11.3 Å². The summed E-state index contributed by atoms with van der Waals surface area (Å²) in [5.74, 6) is 0.464. The van der Waals surface area contributed by atoms with Crippen molar-refractivity contribution < 1.29 is 0 Å². The Labute approximate surface area is 103 Å². The number of nitrogens with one attached hydrogen (secondary N) is 1. The van der Waals surface area contributed by atoms with E-state index in [4.69, 9.17) is 5.26 Å². The molecule has 5 nitrogen and oxygen atoms in total. The van der Waals surface area contributed by atoms with Crippen molar-refractivity contribution in [3.05, 3.63) is 34.5 Å². The molecule has 0 amide bonds. The van der Waals surface area contributed by atoms with Gasteiger partial charge >= 0.3 is 0 Å². The van der Waals surface area contributed by atoms with Gasteiger partial charge in [-0.15, -0.1) is 11.3 Å². The SMILES string of the molecule is CCC(Nc1nccc(C#N)n1)c1nccs1. The van der Waals surface area contributed by atoms with Crippen molar-refractivity contribution in [3.8, 4) is 6.07 Å². The number of nitrogens with zero attached hydrogens (tertiary/aromatic N) is 4. The molecule has 2 heterocycles. The fourth-order valence-electron chi connectivity index (χ4n) is 1.39. The lowest BCUT2D eigenvalue weighted by Gasteiger charge is -2.13. The third kappa shape index (κ3) is 2.77. The molecule has 0 aliphatic rings. The minimum Gasteiger partial charge on any atom is -0.345 e. The first-order valence-corrected chi connectivity index (χ1v) is 6.10. The molecule has 0 fully saturated rings. The van der Waals surface area contributed by atoms with Gasteiger partial charge in [0.25, 0.3) is 0 Å². The molecule has 17 heavy (non-hydrogen) atoms. The van der Waals surface area contributed by atoms with Gasteiger partial charge in [0.1, 0.15) is 16.8 Å². The second-order valence-corrected chi connectivity index (χ2v) is 4.28. The number of rotatable bonds is 4. The van der Waals surface area contributed by atoms with E-state index >= 15 is 0 Å². The molecule has 0 spiro atoms. The van der Waals surface area contributed by atoms with Gasteiger partial charge in [0.05, 0.1) is 6.04 Å². The standard InChI is InChI=1S/C11H11N5S/c1-2-9(10-13-5-6-17-10)16-11-14-4-3-8(7-12)15-11/h3-6,9H,2H2,1H3,(H,14,15,16). The van der Waals surface area contributed by atoms with Crippen LogP contribution in [-0.4, -0.2) is 15.0 Å². The molecule has 0 aliphatic carbocycles. The Hall–Kier alpha value is -2.00. The first-order valence-electron chi connectivity index (χ1n) is 5.22. The summed E-state index contributed by atoms with van der Waals surface area (Å²) < 4.78 is 0. The fourth-order valence-corrected chi connectivity index (χ4v) is 2.16. The molecule has 0 radical (unpaired) electrons. The van der Waals surface area contributed by atoms with E-state index in [-0.39, 0.29) is 6.04 Å². The zero-order valence-corrected chi connectivity index (χ0v) is 10.1. The summed E-state index contributed by atoms with van der Waals surface area (Å²) in [6.45, 7) is 2.06. The number of hydrogen-bond acceptors (Lipinski definition) is 6. The smallest absolute Gasteiger partial charge is 0.224 e. The molecule has 1 N–H and O–H groups in total. The molecular formula is C11H11N5S. The van der Waals surface area contributed by atoms with Crippen molar-refractivity contribution in [2.24, 2.45) is 0 Å². The van der Waals surface area contributed by atoms with Gasteiger partial charge in [-0.2, -0.15) is 5.26 Å². The van der Waals surface area contributed by atoms with Gasteiger partial charge in [-0.05, 0) is 12.5 Å². The van der Waals surface area contributed by atoms with E-state index in [0.717, 1.165) is 11.4 Å². The van der Waals surface area contributed by atoms with Crippen LogP contribution in [0.5, 0.6) is 0 Å². The molecule has 2 rings (SSSR count). The average molecular weight is 245 g/mol. The Morgan fingerprint density at radius 3 is 3.00 bits per heavy atom. The van der Waals surface area contributed by atoms with Crippen LogP contribution in [0, 0.1) is 11.3 Å². The van der Waals surface area contributed by atoms with Crippen molar-refractivity contribution in [1.29, 1.82) is 5.26 Å². The second kappa shape index (κ2) is 5.37. The van der Waals surface area contributed by atoms with Crippen molar-refractivity contribution >= 4 is 17.3 Å². The topological polar surface area (TPSA) is 74.5 Å². The van der Waals surface area contributed by atoms with Gasteiger partial charge in [0.15, 0.2) is 0 Å². The van der Waals surface area contributed by atoms with E-state index in [1.54, 1.807) is 29.8 Å². The first-order chi connectivity index (χ1) is 8.33. The highest BCUT2D eigenvalue weighted by atomic mass is 32.1. The summed E-state index contributed by atoms with van der Waals surface area (Å²) in [5.41, 5.74) is 0.358. The molecule has 2 aromatic heterocycles. The molecule has 1 unspecified atom stereocenters. The van der Waals surface area contributed by atoms with E-state index < -0.39 is 0 Å². The third-order valence-electron chi connectivity index (χ3n) is 2.23. The third-order valence-corrected chi connectivity index (χ3v) is 3.12. The lowest BCUT2D eigenvalue weighted by atomic mass is 10.2. The van der Waals surface area contributed by atoms with Crippen LogP contribution < -0.4 is 5.32 Å². The molecule has 6 heteroatoms. The highest BCUT2D eigenvalue weighted by molar-refractivity contribution is 7.09. The average Bonchev–Trinajstić information content (AvgIpc) is 2.90. The minimum absolute atomic E-state index is 0.0870. The van der Waals surface area contributed by atoms with E-state index in [0.29, 0.717) is 11.6 Å². The first kappa shape index (κ1) is 11.5. The van der Waals surface area contributed by atoms with Crippen LogP contribution in [0.1, 0.15) is 30.1 Å². The van der Waals surface area contributed by atoms with Crippen LogP contribution in [0.3, 0.4) is 0 Å². The Kier molecular flexibility index (Phi) is 3.62. The Balaban J connectivity index is 2.16. The summed E-state index contributed by atoms with van der Waals surface area (Å²) in [6, 6.07) is 3.66. The summed E-state index contributed by atoms with van der Waals surface area (Å²) >= 11 is 1.59. The normalized spacial score (nSPS) is 11.8. The number of hydrogen-bond donors (Lipinski definition) is 1. The molecule has 0 bridgehead atoms. The zero-order valence-electron chi connectivity index (χ0n) is 9.29. The van der Waals surface area contributed by atoms with E-state index in [9.17, 15) is 0 Å². The number of anilines is 1. The maximum absolute atomic E-state index is 8.76. The Morgan fingerprint density at radius 2 is 2.35 bits per heavy atom. The molecular weight excluding hydrogens is 234 g/mol. The lowest BCUT2D eigenvalue weighted by Crippen LogP contribution is -2.12. The van der Waals surface area contributed by atoms with Gasteiger partial charge in [-0.1, -0.05) is 6.92 Å². The summed E-state index contributed by atoms with van der Waals surface area (Å²) in [4.78, 5) is 12.4. The van der Waals surface area contributed by atoms with Crippen LogP contribution in [0.15, 0.2) is 23.8 Å². The molecule has 0 aliphatic heterocycles. The predicted octanol–water partition coefficient (Wildman–Crippen LogP) is 2.37. The van der Waals surface area contributed by atoms with Crippen molar-refractivity contribution in [2.75, 3.05) is 5.32 Å². The highest BCUT2D eigenvalue weighted by Gasteiger charge is 2.12. The Bertz CT molecular complexity index is 517. The van der Waals surface area contributed by atoms with E-state index in [1.807, 2.05) is 11.4 Å². The van der Waals surface area contributed by atoms with Crippen molar-refractivity contribution in [3.63, 3.8) is 0 Å². The van der Waals surface area contributed by atoms with Crippen molar-refractivity contribution in [1.82, 2.24) is 15.0 Å². The monoisotopic (exact) mass is 245 g/mol. The molecule has 0 saturated heterocycles. The summed E-state index contributed by atoms with van der Waals surface area (Å²) in [6.07, 6.45) is 4.23. The second-order valence-electron chi connectivity index (χ2n) is 3.35. The largest absolute Gasteiger partial charge is 0.345 e. The quantitative estimate of drug-likeness (QED) is 0.895. The van der Waals surface area contributed by atoms with Gasteiger partial charge < -0.3 is 5.32 Å². The predicted molar refractivity (Wildman–Crippen MR) is 65.5 cm³/mol.